The molecule has 0 fully saturated rings. The quantitative estimate of drug-likeness (QED) is 0.131. The zero-order valence-corrected chi connectivity index (χ0v) is 31.4. The van der Waals surface area contributed by atoms with Crippen LogP contribution in [0.2, 0.25) is 0 Å². The van der Waals surface area contributed by atoms with Crippen molar-refractivity contribution in [2.24, 2.45) is 0 Å². The molecular weight excluding hydrogens is 701 g/mol. The normalized spacial score (nSPS) is 11.5. The molecule has 10 rings (SSSR count). The van der Waals surface area contributed by atoms with Crippen molar-refractivity contribution in [1.29, 1.82) is 0 Å². The molecule has 2 N–H and O–H groups in total. The molecule has 57 heavy (non-hydrogen) atoms. The summed E-state index contributed by atoms with van der Waals surface area (Å²) < 4.78 is 13.2. The zero-order chi connectivity index (χ0) is 38.0. The highest BCUT2D eigenvalue weighted by Gasteiger charge is 2.20. The second kappa shape index (κ2) is 15.2. The van der Waals surface area contributed by atoms with Gasteiger partial charge in [-0.2, -0.15) is 0 Å². The number of nitrogens with zero attached hydrogens (tertiary/aromatic N) is 2. The average Bonchev–Trinajstić information content (AvgIpc) is 4.09. The Balaban J connectivity index is 0.951. The van der Waals surface area contributed by atoms with Crippen molar-refractivity contribution in [2.75, 3.05) is 0 Å². The molecule has 0 aliphatic heterocycles. The van der Waals surface area contributed by atoms with Gasteiger partial charge in [0.1, 0.15) is 11.4 Å². The molecule has 6 nitrogen and oxygen atoms in total. The van der Waals surface area contributed by atoms with Crippen LogP contribution in [0.4, 0.5) is 0 Å². The largest absolute Gasteiger partial charge is 0.440 e. The molecule has 0 radical (unpaired) electrons. The van der Waals surface area contributed by atoms with E-state index in [0.29, 0.717) is 6.42 Å². The summed E-state index contributed by atoms with van der Waals surface area (Å²) in [6.45, 7) is 0. The van der Waals surface area contributed by atoms with E-state index in [0.717, 1.165) is 99.3 Å². The number of H-pyrrole nitrogens is 2. The fraction of sp³-hybridized carbons (Fsp3) is 0.0980. The Labute approximate surface area is 330 Å². The average molecular weight is 741 g/mol. The molecule has 4 aromatic heterocycles. The molecule has 6 heteroatoms. The van der Waals surface area contributed by atoms with Crippen LogP contribution in [-0.4, -0.2) is 19.9 Å². The molecule has 10 aromatic rings. The summed E-state index contributed by atoms with van der Waals surface area (Å²) in [6.07, 6.45) is 8.35. The molecule has 0 saturated carbocycles. The van der Waals surface area contributed by atoms with Crippen LogP contribution in [0.1, 0.15) is 29.3 Å². The molecule has 0 bridgehead atoms. The van der Waals surface area contributed by atoms with Crippen molar-refractivity contribution >= 4 is 21.8 Å². The van der Waals surface area contributed by atoms with Gasteiger partial charge < -0.3 is 18.8 Å². The monoisotopic (exact) mass is 740 g/mol. The summed E-state index contributed by atoms with van der Waals surface area (Å²) >= 11 is 0. The van der Waals surface area contributed by atoms with Gasteiger partial charge in [-0.05, 0) is 65.8 Å². The first-order chi connectivity index (χ1) is 28.2. The van der Waals surface area contributed by atoms with E-state index in [1.54, 1.807) is 0 Å². The summed E-state index contributed by atoms with van der Waals surface area (Å²) in [4.78, 5) is 17.0. The van der Waals surface area contributed by atoms with E-state index in [1.165, 1.54) is 27.4 Å². The third-order valence-electron chi connectivity index (χ3n) is 10.8. The number of benzene rings is 6. The molecule has 0 aliphatic rings. The van der Waals surface area contributed by atoms with Gasteiger partial charge in [0.15, 0.2) is 23.3 Å². The van der Waals surface area contributed by atoms with E-state index in [4.69, 9.17) is 18.8 Å². The number of hydrogen-bond donors (Lipinski definition) is 2. The summed E-state index contributed by atoms with van der Waals surface area (Å²) in [5.41, 5.74) is 12.8. The highest BCUT2D eigenvalue weighted by atomic mass is 16.4. The Morgan fingerprint density at radius 2 is 0.860 bits per heavy atom. The Hall–Kier alpha value is -7.18. The summed E-state index contributed by atoms with van der Waals surface area (Å²) in [5, 5.41) is 2.51. The Morgan fingerprint density at radius 1 is 0.386 bits per heavy atom. The Kier molecular flexibility index (Phi) is 9.13. The van der Waals surface area contributed by atoms with Crippen molar-refractivity contribution in [3.8, 4) is 56.3 Å². The van der Waals surface area contributed by atoms with Crippen LogP contribution >= 0.6 is 0 Å². The highest BCUT2D eigenvalue weighted by Crippen LogP contribution is 2.38. The predicted molar refractivity (Wildman–Crippen MR) is 230 cm³/mol. The first-order valence-electron chi connectivity index (χ1n) is 19.6. The predicted octanol–water partition coefficient (Wildman–Crippen LogP) is 12.9. The number of hydrogen-bond acceptors (Lipinski definition) is 4. The lowest BCUT2D eigenvalue weighted by molar-refractivity contribution is 0.498. The third kappa shape index (κ3) is 6.98. The number of para-hydroxylation sites is 2. The molecular formula is C51H40N4O2. The molecule has 0 atom stereocenters. The smallest absolute Gasteiger partial charge is 0.195 e. The van der Waals surface area contributed by atoms with E-state index in [1.807, 2.05) is 36.4 Å². The minimum Gasteiger partial charge on any atom is -0.440 e. The lowest BCUT2D eigenvalue weighted by Crippen LogP contribution is -1.90. The summed E-state index contributed by atoms with van der Waals surface area (Å²) in [7, 11) is 0. The number of aromatic nitrogens is 4. The van der Waals surface area contributed by atoms with E-state index in [9.17, 15) is 0 Å². The molecule has 0 amide bonds. The number of aryl methyl sites for hydroxylation is 4. The van der Waals surface area contributed by atoms with Gasteiger partial charge in [-0.3, -0.25) is 0 Å². The summed E-state index contributed by atoms with van der Waals surface area (Å²) in [6, 6.07) is 54.6. The van der Waals surface area contributed by atoms with E-state index in [-0.39, 0.29) is 0 Å². The summed E-state index contributed by atoms with van der Waals surface area (Å²) in [5.74, 6) is 3.03. The molecule has 276 valence electrons. The van der Waals surface area contributed by atoms with Gasteiger partial charge in [0.2, 0.25) is 0 Å². The fourth-order valence-electron chi connectivity index (χ4n) is 7.95. The van der Waals surface area contributed by atoms with Crippen LogP contribution in [0.15, 0.2) is 179 Å². The van der Waals surface area contributed by atoms with Gasteiger partial charge in [-0.25, -0.2) is 9.97 Å². The maximum atomic E-state index is 6.65. The topological polar surface area (TPSA) is 83.6 Å². The van der Waals surface area contributed by atoms with Crippen molar-refractivity contribution in [3.05, 3.63) is 193 Å². The minimum atomic E-state index is 0.690. The van der Waals surface area contributed by atoms with Crippen molar-refractivity contribution in [2.45, 2.75) is 32.1 Å². The maximum Gasteiger partial charge on any atom is 0.195 e. The second-order valence-electron chi connectivity index (χ2n) is 14.5. The van der Waals surface area contributed by atoms with Crippen LogP contribution in [-0.2, 0) is 25.7 Å². The molecule has 0 unspecified atom stereocenters. The van der Waals surface area contributed by atoms with Crippen molar-refractivity contribution in [1.82, 2.24) is 19.9 Å². The maximum absolute atomic E-state index is 6.65. The SMILES string of the molecule is c1ccc(-c2nc(CCc3c[nH]c4ccccc34)oc2-c2cccc(-c3cccc(-c4nc(CCCc5c[nH]c6ccccc56)oc4-c4ccccc4)c3)c2)cc1. The number of nitrogens with one attached hydrogen (secondary N) is 2. The second-order valence-corrected chi connectivity index (χ2v) is 14.5. The minimum absolute atomic E-state index is 0.690. The van der Waals surface area contributed by atoms with Crippen molar-refractivity contribution < 1.29 is 8.83 Å². The highest BCUT2D eigenvalue weighted by molar-refractivity contribution is 5.85. The Morgan fingerprint density at radius 3 is 1.53 bits per heavy atom. The van der Waals surface area contributed by atoms with Gasteiger partial charge in [0.05, 0.1) is 0 Å². The number of oxazole rings is 2. The lowest BCUT2D eigenvalue weighted by atomic mass is 9.97. The first-order valence-corrected chi connectivity index (χ1v) is 19.6. The Bertz CT molecular complexity index is 2950. The van der Waals surface area contributed by atoms with Gasteiger partial charge in [0, 0.05) is 69.3 Å². The molecule has 0 spiro atoms. The first kappa shape index (κ1) is 34.3. The number of aromatic amines is 2. The van der Waals surface area contributed by atoms with Gasteiger partial charge in [-0.15, -0.1) is 0 Å². The van der Waals surface area contributed by atoms with Crippen molar-refractivity contribution in [3.63, 3.8) is 0 Å². The van der Waals surface area contributed by atoms with Gasteiger partial charge >= 0.3 is 0 Å². The lowest BCUT2D eigenvalue weighted by Gasteiger charge is -2.08. The van der Waals surface area contributed by atoms with Crippen LogP contribution < -0.4 is 0 Å². The molecule has 6 aromatic carbocycles. The number of rotatable bonds is 12. The van der Waals surface area contributed by atoms with Crippen LogP contribution in [0.3, 0.4) is 0 Å². The van der Waals surface area contributed by atoms with Gasteiger partial charge in [0.25, 0.3) is 0 Å². The molecule has 0 saturated heterocycles. The van der Waals surface area contributed by atoms with Crippen LogP contribution in [0.5, 0.6) is 0 Å². The molecule has 0 aliphatic carbocycles. The van der Waals surface area contributed by atoms with Crippen LogP contribution in [0.25, 0.3) is 78.1 Å². The van der Waals surface area contributed by atoms with Crippen LogP contribution in [0, 0.1) is 0 Å². The number of fused-ring (bicyclic) bond motifs is 2. The fourth-order valence-corrected chi connectivity index (χ4v) is 7.95. The van der Waals surface area contributed by atoms with Gasteiger partial charge in [-0.1, -0.05) is 133 Å². The van der Waals surface area contributed by atoms with E-state index in [2.05, 4.69) is 144 Å². The van der Waals surface area contributed by atoms with E-state index < -0.39 is 0 Å². The zero-order valence-electron chi connectivity index (χ0n) is 31.4. The standard InChI is InChI=1S/C51H40N4O2/c1-3-14-34(15-4-1)48-51(57-47(55-48)29-28-41-33-53-45-26-10-8-24-43(41)45)39-21-12-19-37(31-39)36-18-11-20-38(30-36)49-50(35-16-5-2-6-17-35)56-46(54-49)27-13-22-40-32-52-44-25-9-7-23-42(40)44/h1-12,14-21,23-26,30-33,52-53H,13,22,27-29H2. The third-order valence-corrected chi connectivity index (χ3v) is 10.8. The van der Waals surface area contributed by atoms with E-state index >= 15 is 0 Å². The molecule has 4 heterocycles.